The number of piperidine rings is 1. The Morgan fingerprint density at radius 1 is 1.50 bits per heavy atom. The number of likely N-dealkylation sites (tertiary alicyclic amines) is 1. The van der Waals surface area contributed by atoms with Crippen LogP contribution in [0.1, 0.15) is 36.7 Å². The van der Waals surface area contributed by atoms with Crippen molar-refractivity contribution in [3.8, 4) is 0 Å². The summed E-state index contributed by atoms with van der Waals surface area (Å²) in [5.74, 6) is 0.304. The van der Waals surface area contributed by atoms with Gasteiger partial charge in [0.25, 0.3) is 5.91 Å². The number of carbonyl (C=O) groups excluding carboxylic acids is 1. The number of carbonyl (C=O) groups is 1. The van der Waals surface area contributed by atoms with Crippen LogP contribution < -0.4 is 0 Å². The number of aliphatic hydroxyl groups is 1. The van der Waals surface area contributed by atoms with Gasteiger partial charge in [0.2, 0.25) is 0 Å². The summed E-state index contributed by atoms with van der Waals surface area (Å²) in [6, 6.07) is 3.40. The Hall–Kier alpha value is -0.810. The van der Waals surface area contributed by atoms with Gasteiger partial charge in [0.05, 0.1) is 0 Å². The fourth-order valence-corrected chi connectivity index (χ4v) is 2.70. The van der Waals surface area contributed by atoms with Gasteiger partial charge in [-0.3, -0.25) is 4.79 Å². The number of aliphatic hydroxyl groups excluding tert-OH is 1. The molecule has 1 aliphatic heterocycles. The summed E-state index contributed by atoms with van der Waals surface area (Å²) in [5.41, 5.74) is 0.000523. The number of amides is 1. The molecule has 1 amide bonds. The molecule has 0 unspecified atom stereocenters. The molecular weight excluding hydrogens is 298 g/mol. The molecule has 0 radical (unpaired) electrons. The van der Waals surface area contributed by atoms with Crippen LogP contribution >= 0.6 is 15.9 Å². The maximum absolute atomic E-state index is 12.1. The number of rotatable bonds is 3. The highest BCUT2D eigenvalue weighted by molar-refractivity contribution is 9.10. The van der Waals surface area contributed by atoms with Crippen LogP contribution in [0.15, 0.2) is 21.2 Å². The zero-order valence-corrected chi connectivity index (χ0v) is 12.1. The van der Waals surface area contributed by atoms with Crippen molar-refractivity contribution in [2.75, 3.05) is 19.7 Å². The van der Waals surface area contributed by atoms with Crippen LogP contribution in [0.3, 0.4) is 0 Å². The van der Waals surface area contributed by atoms with Crippen molar-refractivity contribution in [3.63, 3.8) is 0 Å². The summed E-state index contributed by atoms with van der Waals surface area (Å²) in [7, 11) is 0. The molecule has 0 spiro atoms. The van der Waals surface area contributed by atoms with Gasteiger partial charge in [0.1, 0.15) is 0 Å². The van der Waals surface area contributed by atoms with Crippen LogP contribution in [0.4, 0.5) is 0 Å². The highest BCUT2D eigenvalue weighted by Crippen LogP contribution is 2.34. The predicted octanol–water partition coefficient (Wildman–Crippen LogP) is 2.67. The van der Waals surface area contributed by atoms with Gasteiger partial charge < -0.3 is 14.4 Å². The minimum atomic E-state index is -0.0663. The van der Waals surface area contributed by atoms with Gasteiger partial charge in [-0.25, -0.2) is 0 Å². The van der Waals surface area contributed by atoms with E-state index in [0.29, 0.717) is 23.5 Å². The third-order valence-electron chi connectivity index (χ3n) is 3.98. The van der Waals surface area contributed by atoms with Crippen molar-refractivity contribution in [2.45, 2.75) is 26.2 Å². The third-order valence-corrected chi connectivity index (χ3v) is 4.41. The summed E-state index contributed by atoms with van der Waals surface area (Å²) >= 11 is 3.19. The Morgan fingerprint density at radius 3 is 2.61 bits per heavy atom. The van der Waals surface area contributed by atoms with Gasteiger partial charge in [-0.05, 0) is 52.7 Å². The van der Waals surface area contributed by atoms with Crippen molar-refractivity contribution < 1.29 is 14.3 Å². The average Bonchev–Trinajstić information content (AvgIpc) is 2.85. The summed E-state index contributed by atoms with van der Waals surface area (Å²) in [4.78, 5) is 14.0. The first kappa shape index (κ1) is 13.6. The van der Waals surface area contributed by atoms with E-state index in [-0.39, 0.29) is 17.9 Å². The fraction of sp³-hybridized carbons (Fsp3) is 0.615. The van der Waals surface area contributed by atoms with Gasteiger partial charge in [-0.2, -0.15) is 0 Å². The molecule has 0 aliphatic carbocycles. The summed E-state index contributed by atoms with van der Waals surface area (Å²) in [6.07, 6.45) is 2.67. The lowest BCUT2D eigenvalue weighted by molar-refractivity contribution is 0.0319. The standard InChI is InChI=1S/C13H18BrNO3/c1-2-13(9-16)5-7-15(8-6-13)12(17)10-3-4-11(14)18-10/h3-4,16H,2,5-9H2,1H3. The number of halogens is 1. The molecule has 1 aliphatic rings. The molecule has 4 nitrogen and oxygen atoms in total. The Morgan fingerprint density at radius 2 is 2.17 bits per heavy atom. The first-order valence-electron chi connectivity index (χ1n) is 6.26. The molecule has 100 valence electrons. The van der Waals surface area contributed by atoms with Crippen LogP contribution in [-0.4, -0.2) is 35.6 Å². The van der Waals surface area contributed by atoms with E-state index in [2.05, 4.69) is 22.9 Å². The molecule has 1 aromatic rings. The molecule has 0 atom stereocenters. The summed E-state index contributed by atoms with van der Waals surface area (Å²) in [5, 5.41) is 9.46. The third kappa shape index (κ3) is 2.62. The molecular formula is C13H18BrNO3. The number of hydrogen-bond acceptors (Lipinski definition) is 3. The maximum Gasteiger partial charge on any atom is 0.289 e. The van der Waals surface area contributed by atoms with Gasteiger partial charge in [0.15, 0.2) is 10.4 Å². The molecule has 1 fully saturated rings. The van der Waals surface area contributed by atoms with Crippen LogP contribution in [0, 0.1) is 5.41 Å². The maximum atomic E-state index is 12.1. The average molecular weight is 316 g/mol. The fourth-order valence-electron chi connectivity index (χ4n) is 2.39. The lowest BCUT2D eigenvalue weighted by Gasteiger charge is -2.39. The second-order valence-electron chi connectivity index (χ2n) is 4.91. The van der Waals surface area contributed by atoms with Crippen LogP contribution in [-0.2, 0) is 0 Å². The SMILES string of the molecule is CCC1(CO)CCN(C(=O)c2ccc(Br)o2)CC1. The molecule has 18 heavy (non-hydrogen) atoms. The zero-order valence-electron chi connectivity index (χ0n) is 10.5. The first-order valence-corrected chi connectivity index (χ1v) is 7.05. The zero-order chi connectivity index (χ0) is 13.2. The largest absolute Gasteiger partial charge is 0.444 e. The summed E-state index contributed by atoms with van der Waals surface area (Å²) in [6.45, 7) is 3.67. The van der Waals surface area contributed by atoms with E-state index in [9.17, 15) is 9.90 Å². The molecule has 0 aromatic carbocycles. The van der Waals surface area contributed by atoms with Crippen molar-refractivity contribution in [2.24, 2.45) is 5.41 Å². The highest BCUT2D eigenvalue weighted by atomic mass is 79.9. The summed E-state index contributed by atoms with van der Waals surface area (Å²) < 4.78 is 5.85. The lowest BCUT2D eigenvalue weighted by Crippen LogP contribution is -2.44. The van der Waals surface area contributed by atoms with E-state index in [1.807, 2.05) is 0 Å². The molecule has 1 N–H and O–H groups in total. The molecule has 0 saturated carbocycles. The first-order chi connectivity index (χ1) is 8.60. The number of hydrogen-bond donors (Lipinski definition) is 1. The topological polar surface area (TPSA) is 53.7 Å². The van der Waals surface area contributed by atoms with Crippen molar-refractivity contribution in [3.05, 3.63) is 22.6 Å². The normalized spacial score (nSPS) is 18.9. The van der Waals surface area contributed by atoms with Crippen molar-refractivity contribution in [1.29, 1.82) is 0 Å². The molecule has 5 heteroatoms. The van der Waals surface area contributed by atoms with E-state index < -0.39 is 0 Å². The Balaban J connectivity index is 1.99. The lowest BCUT2D eigenvalue weighted by atomic mass is 9.77. The predicted molar refractivity (Wildman–Crippen MR) is 71.4 cm³/mol. The number of furan rings is 1. The van der Waals surface area contributed by atoms with Gasteiger partial charge in [-0.1, -0.05) is 6.92 Å². The van der Waals surface area contributed by atoms with Gasteiger partial charge >= 0.3 is 0 Å². The van der Waals surface area contributed by atoms with Crippen LogP contribution in [0.2, 0.25) is 0 Å². The van der Waals surface area contributed by atoms with Crippen LogP contribution in [0.5, 0.6) is 0 Å². The molecule has 0 bridgehead atoms. The molecule has 1 saturated heterocycles. The second-order valence-corrected chi connectivity index (χ2v) is 5.69. The van der Waals surface area contributed by atoms with E-state index in [1.54, 1.807) is 17.0 Å². The van der Waals surface area contributed by atoms with Crippen molar-refractivity contribution >= 4 is 21.8 Å². The monoisotopic (exact) mass is 315 g/mol. The van der Waals surface area contributed by atoms with E-state index >= 15 is 0 Å². The highest BCUT2D eigenvalue weighted by Gasteiger charge is 2.34. The molecule has 2 rings (SSSR count). The molecule has 1 aromatic heterocycles. The quantitative estimate of drug-likeness (QED) is 0.933. The van der Waals surface area contributed by atoms with E-state index in [1.165, 1.54) is 0 Å². The second kappa shape index (κ2) is 5.45. The van der Waals surface area contributed by atoms with Crippen LogP contribution in [0.25, 0.3) is 0 Å². The number of nitrogens with zero attached hydrogens (tertiary/aromatic N) is 1. The Bertz CT molecular complexity index is 416. The Labute approximate surface area is 115 Å². The van der Waals surface area contributed by atoms with E-state index in [4.69, 9.17) is 4.42 Å². The van der Waals surface area contributed by atoms with Gasteiger partial charge in [0, 0.05) is 19.7 Å². The van der Waals surface area contributed by atoms with Gasteiger partial charge in [-0.15, -0.1) is 0 Å². The minimum absolute atomic E-state index is 0.000523. The Kier molecular flexibility index (Phi) is 4.12. The smallest absolute Gasteiger partial charge is 0.289 e. The van der Waals surface area contributed by atoms with E-state index in [0.717, 1.165) is 19.3 Å². The van der Waals surface area contributed by atoms with Crippen molar-refractivity contribution in [1.82, 2.24) is 4.90 Å². The minimum Gasteiger partial charge on any atom is -0.444 e. The molecule has 2 heterocycles.